The fraction of sp³-hybridized carbons (Fsp3) is 0.273. The van der Waals surface area contributed by atoms with E-state index in [1.54, 1.807) is 18.2 Å². The van der Waals surface area contributed by atoms with Crippen LogP contribution >= 0.6 is 0 Å². The topological polar surface area (TPSA) is 140 Å². The smallest absolute Gasteiger partial charge is 0.261 e. The minimum atomic E-state index is -3.54. The van der Waals surface area contributed by atoms with Gasteiger partial charge in [0, 0.05) is 37.3 Å². The van der Waals surface area contributed by atoms with Gasteiger partial charge < -0.3 is 25.5 Å². The second-order valence-corrected chi connectivity index (χ2v) is 10.2. The van der Waals surface area contributed by atoms with E-state index in [1.165, 1.54) is 0 Å². The SMILES string of the molecule is CN1CCN(c2ccc3nc(-c4c(N)c5c(NS(C)(=O)=O)cccc5[nH]c4=O)[nH]c3c2)CC1. The lowest BCUT2D eigenvalue weighted by Gasteiger charge is -2.34. The van der Waals surface area contributed by atoms with Crippen molar-refractivity contribution in [1.29, 1.82) is 0 Å². The molecule has 11 heteroatoms. The molecule has 2 aromatic heterocycles. The summed E-state index contributed by atoms with van der Waals surface area (Å²) in [5, 5.41) is 0.413. The molecular formula is C22H25N7O3S. The number of anilines is 3. The van der Waals surface area contributed by atoms with Crippen LogP contribution in [0.3, 0.4) is 0 Å². The van der Waals surface area contributed by atoms with E-state index in [0.717, 1.165) is 43.6 Å². The van der Waals surface area contributed by atoms with Crippen LogP contribution in [0.5, 0.6) is 0 Å². The van der Waals surface area contributed by atoms with Crippen LogP contribution in [0.1, 0.15) is 0 Å². The van der Waals surface area contributed by atoms with Gasteiger partial charge in [0.05, 0.1) is 34.2 Å². The van der Waals surface area contributed by atoms with Gasteiger partial charge in [0.1, 0.15) is 11.4 Å². The summed E-state index contributed by atoms with van der Waals surface area (Å²) in [6.07, 6.45) is 1.06. The molecule has 5 rings (SSSR count). The van der Waals surface area contributed by atoms with Gasteiger partial charge in [-0.05, 0) is 37.4 Å². The molecule has 0 radical (unpaired) electrons. The second kappa shape index (κ2) is 7.78. The van der Waals surface area contributed by atoms with E-state index in [-0.39, 0.29) is 11.3 Å². The number of H-pyrrole nitrogens is 2. The minimum Gasteiger partial charge on any atom is -0.397 e. The summed E-state index contributed by atoms with van der Waals surface area (Å²) in [7, 11) is -1.43. The maximum atomic E-state index is 12.9. The lowest BCUT2D eigenvalue weighted by Crippen LogP contribution is -2.44. The largest absolute Gasteiger partial charge is 0.397 e. The average molecular weight is 468 g/mol. The van der Waals surface area contributed by atoms with E-state index in [1.807, 2.05) is 18.2 Å². The van der Waals surface area contributed by atoms with Crippen LogP contribution in [0.4, 0.5) is 17.1 Å². The molecule has 1 aliphatic rings. The first-order chi connectivity index (χ1) is 15.7. The Morgan fingerprint density at radius 3 is 2.55 bits per heavy atom. The Morgan fingerprint density at radius 1 is 1.06 bits per heavy atom. The zero-order valence-corrected chi connectivity index (χ0v) is 19.2. The van der Waals surface area contributed by atoms with Crippen LogP contribution in [0.15, 0.2) is 41.2 Å². The molecular weight excluding hydrogens is 442 g/mol. The highest BCUT2D eigenvalue weighted by Gasteiger charge is 2.20. The molecule has 0 saturated carbocycles. The molecule has 1 fully saturated rings. The van der Waals surface area contributed by atoms with Crippen LogP contribution in [-0.4, -0.2) is 67.8 Å². The molecule has 1 saturated heterocycles. The first kappa shape index (κ1) is 21.3. The van der Waals surface area contributed by atoms with Gasteiger partial charge >= 0.3 is 0 Å². The number of hydrogen-bond donors (Lipinski definition) is 4. The number of benzene rings is 2. The molecule has 33 heavy (non-hydrogen) atoms. The number of nitrogen functional groups attached to an aromatic ring is 1. The number of imidazole rings is 1. The van der Waals surface area contributed by atoms with Gasteiger partial charge in [0.2, 0.25) is 10.0 Å². The van der Waals surface area contributed by atoms with Crippen LogP contribution in [0.2, 0.25) is 0 Å². The lowest BCUT2D eigenvalue weighted by atomic mass is 10.1. The predicted molar refractivity (Wildman–Crippen MR) is 132 cm³/mol. The van der Waals surface area contributed by atoms with Gasteiger partial charge in [-0.25, -0.2) is 13.4 Å². The van der Waals surface area contributed by atoms with Crippen molar-refractivity contribution in [3.63, 3.8) is 0 Å². The van der Waals surface area contributed by atoms with Gasteiger partial charge in [-0.3, -0.25) is 9.52 Å². The Hall–Kier alpha value is -3.57. The molecule has 4 aromatic rings. The summed E-state index contributed by atoms with van der Waals surface area (Å²) in [6, 6.07) is 10.9. The number of likely N-dealkylation sites (N-methyl/N-ethyl adjacent to an activating group) is 1. The Balaban J connectivity index is 1.62. The molecule has 0 unspecified atom stereocenters. The Morgan fingerprint density at radius 2 is 1.82 bits per heavy atom. The normalized spacial score (nSPS) is 15.4. The van der Waals surface area contributed by atoms with E-state index in [2.05, 4.69) is 36.5 Å². The number of hydrogen-bond acceptors (Lipinski definition) is 7. The van der Waals surface area contributed by atoms with Gasteiger partial charge in [0.15, 0.2) is 0 Å². The molecule has 172 valence electrons. The summed E-state index contributed by atoms with van der Waals surface area (Å²) < 4.78 is 26.1. The second-order valence-electron chi connectivity index (χ2n) is 8.42. The minimum absolute atomic E-state index is 0.152. The number of aromatic amines is 2. The zero-order chi connectivity index (χ0) is 23.3. The van der Waals surface area contributed by atoms with Gasteiger partial charge in [-0.2, -0.15) is 0 Å². The number of nitrogens with one attached hydrogen (secondary N) is 3. The standard InChI is InChI=1S/C22H25N7O3S/c1-28-8-10-29(11-9-28)13-6-7-14-17(12-13)25-21(24-14)19-20(23)18-15(26-22(19)30)4-3-5-16(18)27-33(2,31)32/h3-7,12,27H,8-11H2,1-2H3,(H,24,25)(H3,23,26,30). The van der Waals surface area contributed by atoms with E-state index in [9.17, 15) is 13.2 Å². The summed E-state index contributed by atoms with van der Waals surface area (Å²) in [4.78, 5) is 28.2. The van der Waals surface area contributed by atoms with Crippen molar-refractivity contribution in [2.45, 2.75) is 0 Å². The van der Waals surface area contributed by atoms with Crippen molar-refractivity contribution in [3.8, 4) is 11.4 Å². The highest BCUT2D eigenvalue weighted by Crippen LogP contribution is 2.33. The monoisotopic (exact) mass is 467 g/mol. The van der Waals surface area contributed by atoms with Gasteiger partial charge in [0.25, 0.3) is 5.56 Å². The number of sulfonamides is 1. The molecule has 2 aromatic carbocycles. The average Bonchev–Trinajstić information content (AvgIpc) is 3.15. The Labute approximate surface area is 190 Å². The molecule has 0 aliphatic carbocycles. The van der Waals surface area contributed by atoms with Crippen molar-refractivity contribution in [2.24, 2.45) is 0 Å². The lowest BCUT2D eigenvalue weighted by molar-refractivity contribution is 0.313. The molecule has 0 spiro atoms. The number of rotatable bonds is 4. The Bertz CT molecular complexity index is 1530. The highest BCUT2D eigenvalue weighted by atomic mass is 32.2. The molecule has 10 nitrogen and oxygen atoms in total. The molecule has 0 atom stereocenters. The van der Waals surface area contributed by atoms with Gasteiger partial charge in [-0.15, -0.1) is 0 Å². The first-order valence-corrected chi connectivity index (χ1v) is 12.4. The molecule has 0 amide bonds. The van der Waals surface area contributed by atoms with Crippen molar-refractivity contribution >= 4 is 49.0 Å². The fourth-order valence-corrected chi connectivity index (χ4v) is 4.85. The van der Waals surface area contributed by atoms with Gasteiger partial charge in [-0.1, -0.05) is 6.07 Å². The number of aromatic nitrogens is 3. The number of pyridine rings is 1. The van der Waals surface area contributed by atoms with Crippen LogP contribution in [-0.2, 0) is 10.0 Å². The van der Waals surface area contributed by atoms with Crippen molar-refractivity contribution in [1.82, 2.24) is 19.9 Å². The molecule has 3 heterocycles. The maximum Gasteiger partial charge on any atom is 0.261 e. The van der Waals surface area contributed by atoms with E-state index < -0.39 is 15.6 Å². The van der Waals surface area contributed by atoms with Crippen molar-refractivity contribution < 1.29 is 8.42 Å². The third-order valence-electron chi connectivity index (χ3n) is 5.94. The maximum absolute atomic E-state index is 12.9. The van der Waals surface area contributed by atoms with Crippen molar-refractivity contribution in [2.75, 3.05) is 54.8 Å². The van der Waals surface area contributed by atoms with Crippen LogP contribution in [0, 0.1) is 0 Å². The number of fused-ring (bicyclic) bond motifs is 2. The number of nitrogens with zero attached hydrogens (tertiary/aromatic N) is 3. The molecule has 1 aliphatic heterocycles. The summed E-state index contributed by atoms with van der Waals surface area (Å²) >= 11 is 0. The quantitative estimate of drug-likeness (QED) is 0.359. The first-order valence-electron chi connectivity index (χ1n) is 10.6. The summed E-state index contributed by atoms with van der Waals surface area (Å²) in [5.41, 5.74) is 9.66. The number of nitrogens with two attached hydrogens (primary N) is 1. The van der Waals surface area contributed by atoms with E-state index in [0.29, 0.717) is 27.9 Å². The predicted octanol–water partition coefficient (Wildman–Crippen LogP) is 1.78. The van der Waals surface area contributed by atoms with E-state index >= 15 is 0 Å². The Kier molecular flexibility index (Phi) is 5.02. The zero-order valence-electron chi connectivity index (χ0n) is 18.3. The molecule has 0 bridgehead atoms. The highest BCUT2D eigenvalue weighted by molar-refractivity contribution is 7.92. The van der Waals surface area contributed by atoms with Crippen LogP contribution < -0.4 is 20.9 Å². The van der Waals surface area contributed by atoms with E-state index in [4.69, 9.17) is 5.73 Å². The van der Waals surface area contributed by atoms with Crippen molar-refractivity contribution in [3.05, 3.63) is 46.8 Å². The summed E-state index contributed by atoms with van der Waals surface area (Å²) in [6.45, 7) is 3.88. The third kappa shape index (κ3) is 4.00. The summed E-state index contributed by atoms with van der Waals surface area (Å²) in [5.74, 6) is 0.329. The third-order valence-corrected chi connectivity index (χ3v) is 6.54. The van der Waals surface area contributed by atoms with Crippen LogP contribution in [0.25, 0.3) is 33.3 Å². The molecule has 5 N–H and O–H groups in total. The number of piperazine rings is 1. The fourth-order valence-electron chi connectivity index (χ4n) is 4.28.